The molecule has 0 fully saturated rings. The van der Waals surface area contributed by atoms with Crippen LogP contribution in [0, 0.1) is 5.41 Å². The molecule has 20 heavy (non-hydrogen) atoms. The van der Waals surface area contributed by atoms with Gasteiger partial charge < -0.3 is 10.3 Å². The Balaban J connectivity index is 2.06. The van der Waals surface area contributed by atoms with E-state index in [-0.39, 0.29) is 17.4 Å². The molecule has 1 aromatic heterocycles. The number of nitrogen functional groups attached to an aromatic ring is 1. The third kappa shape index (κ3) is 3.22. The van der Waals surface area contributed by atoms with E-state index in [0.29, 0.717) is 5.56 Å². The number of nitrogens with two attached hydrogens (primary N) is 1. The molecule has 0 amide bonds. The largest absolute Gasteiger partial charge is 0.384 e. The van der Waals surface area contributed by atoms with E-state index >= 15 is 0 Å². The molecule has 0 atom stereocenters. The van der Waals surface area contributed by atoms with E-state index < -0.39 is 10.0 Å². The van der Waals surface area contributed by atoms with E-state index in [2.05, 4.69) is 9.71 Å². The molecule has 8 heteroatoms. The molecular weight excluding hydrogens is 278 g/mol. The monoisotopic (exact) mass is 293 g/mol. The number of nitrogens with one attached hydrogen (secondary N) is 2. The minimum Gasteiger partial charge on any atom is -0.384 e. The molecule has 106 valence electrons. The lowest BCUT2D eigenvalue weighted by molar-refractivity contribution is 0.578. The van der Waals surface area contributed by atoms with E-state index in [1.807, 2.05) is 0 Å². The maximum atomic E-state index is 12.0. The lowest BCUT2D eigenvalue weighted by Crippen LogP contribution is -2.23. The molecule has 0 bridgehead atoms. The average Bonchev–Trinajstić information content (AvgIpc) is 2.84. The first-order valence-electron chi connectivity index (χ1n) is 5.79. The van der Waals surface area contributed by atoms with Crippen molar-refractivity contribution in [2.75, 3.05) is 0 Å². The van der Waals surface area contributed by atoms with Crippen molar-refractivity contribution >= 4 is 15.9 Å². The predicted molar refractivity (Wildman–Crippen MR) is 74.7 cm³/mol. The van der Waals surface area contributed by atoms with Crippen LogP contribution in [0.5, 0.6) is 0 Å². The number of imidazole rings is 1. The molecule has 0 spiro atoms. The number of hydrogen-bond donors (Lipinski definition) is 3. The molecule has 0 saturated carbocycles. The highest BCUT2D eigenvalue weighted by Gasteiger charge is 2.16. The summed E-state index contributed by atoms with van der Waals surface area (Å²) in [4.78, 5) is 3.80. The van der Waals surface area contributed by atoms with Gasteiger partial charge in [0, 0.05) is 25.4 Å². The zero-order valence-electron chi connectivity index (χ0n) is 10.9. The van der Waals surface area contributed by atoms with Gasteiger partial charge in [0.1, 0.15) is 5.84 Å². The number of hydrogen-bond acceptors (Lipinski definition) is 4. The summed E-state index contributed by atoms with van der Waals surface area (Å²) >= 11 is 0. The molecular formula is C12H15N5O2S. The Morgan fingerprint density at radius 2 is 2.05 bits per heavy atom. The maximum Gasteiger partial charge on any atom is 0.259 e. The topological polar surface area (TPSA) is 114 Å². The molecule has 0 saturated heterocycles. The molecule has 0 radical (unpaired) electrons. The van der Waals surface area contributed by atoms with Gasteiger partial charge in [0.05, 0.1) is 6.33 Å². The number of sulfonamides is 1. The summed E-state index contributed by atoms with van der Waals surface area (Å²) in [6.07, 6.45) is 2.86. The summed E-state index contributed by atoms with van der Waals surface area (Å²) in [5, 5.41) is 7.26. The summed E-state index contributed by atoms with van der Waals surface area (Å²) in [7, 11) is -1.91. The molecule has 0 aliphatic carbocycles. The van der Waals surface area contributed by atoms with Crippen molar-refractivity contribution in [2.24, 2.45) is 12.8 Å². The number of amidine groups is 1. The number of rotatable bonds is 5. The van der Waals surface area contributed by atoms with Crippen molar-refractivity contribution in [3.63, 3.8) is 0 Å². The second-order valence-corrected chi connectivity index (χ2v) is 6.03. The molecule has 0 aliphatic rings. The number of benzene rings is 1. The highest BCUT2D eigenvalue weighted by atomic mass is 32.2. The predicted octanol–water partition coefficient (Wildman–Crippen LogP) is 0.183. The Morgan fingerprint density at radius 1 is 1.40 bits per heavy atom. The van der Waals surface area contributed by atoms with Gasteiger partial charge in [-0.15, -0.1) is 0 Å². The molecule has 1 aromatic carbocycles. The Labute approximate surface area is 117 Å². The first kappa shape index (κ1) is 14.2. The fourth-order valence-corrected chi connectivity index (χ4v) is 2.58. The van der Waals surface area contributed by atoms with Crippen LogP contribution >= 0.6 is 0 Å². The standard InChI is InChI=1S/C12H15N5O2S/c1-17-7-11(15-8-17)20(18,19)16-6-9-2-4-10(5-3-9)12(13)14/h2-5,7-8,16H,6H2,1H3,(H3,13,14). The maximum absolute atomic E-state index is 12.0. The van der Waals surface area contributed by atoms with Crippen LogP contribution in [-0.4, -0.2) is 23.8 Å². The Kier molecular flexibility index (Phi) is 3.86. The Bertz CT molecular complexity index is 719. The van der Waals surface area contributed by atoms with Crippen LogP contribution in [0.1, 0.15) is 11.1 Å². The van der Waals surface area contributed by atoms with Gasteiger partial charge in [0.2, 0.25) is 0 Å². The zero-order valence-corrected chi connectivity index (χ0v) is 11.7. The van der Waals surface area contributed by atoms with Crippen LogP contribution in [0.15, 0.2) is 41.8 Å². The van der Waals surface area contributed by atoms with E-state index in [0.717, 1.165) is 5.56 Å². The van der Waals surface area contributed by atoms with Crippen molar-refractivity contribution in [1.29, 1.82) is 5.41 Å². The quantitative estimate of drug-likeness (QED) is 0.539. The summed E-state index contributed by atoms with van der Waals surface area (Å²) in [6, 6.07) is 6.79. The molecule has 7 nitrogen and oxygen atoms in total. The molecule has 2 aromatic rings. The van der Waals surface area contributed by atoms with E-state index in [9.17, 15) is 8.42 Å². The van der Waals surface area contributed by atoms with Gasteiger partial charge >= 0.3 is 0 Å². The fourth-order valence-electron chi connectivity index (χ4n) is 1.58. The van der Waals surface area contributed by atoms with Gasteiger partial charge in [-0.25, -0.2) is 18.1 Å². The number of aryl methyl sites for hydroxylation is 1. The van der Waals surface area contributed by atoms with Gasteiger partial charge in [0.15, 0.2) is 5.03 Å². The molecule has 4 N–H and O–H groups in total. The smallest absolute Gasteiger partial charge is 0.259 e. The second kappa shape index (κ2) is 5.43. The number of nitrogens with zero attached hydrogens (tertiary/aromatic N) is 2. The lowest BCUT2D eigenvalue weighted by Gasteiger charge is -2.05. The minimum absolute atomic E-state index is 0.0136. The fraction of sp³-hybridized carbons (Fsp3) is 0.167. The SMILES string of the molecule is Cn1cnc(S(=O)(=O)NCc2ccc(C(=N)N)cc2)c1. The van der Waals surface area contributed by atoms with Crippen molar-refractivity contribution in [3.8, 4) is 0 Å². The highest BCUT2D eigenvalue weighted by Crippen LogP contribution is 2.07. The lowest BCUT2D eigenvalue weighted by atomic mass is 10.1. The van der Waals surface area contributed by atoms with Crippen molar-refractivity contribution in [3.05, 3.63) is 47.9 Å². The van der Waals surface area contributed by atoms with E-state index in [1.54, 1.807) is 35.9 Å². The Hall–Kier alpha value is -2.19. The third-order valence-electron chi connectivity index (χ3n) is 2.69. The summed E-state index contributed by atoms with van der Waals surface area (Å²) < 4.78 is 27.9. The first-order valence-corrected chi connectivity index (χ1v) is 7.28. The van der Waals surface area contributed by atoms with Gasteiger partial charge in [-0.1, -0.05) is 24.3 Å². The van der Waals surface area contributed by atoms with E-state index in [4.69, 9.17) is 11.1 Å². The molecule has 0 aliphatic heterocycles. The van der Waals surface area contributed by atoms with Crippen LogP contribution in [0.2, 0.25) is 0 Å². The van der Waals surface area contributed by atoms with Gasteiger partial charge in [-0.05, 0) is 5.56 Å². The molecule has 1 heterocycles. The van der Waals surface area contributed by atoms with E-state index in [1.165, 1.54) is 12.5 Å². The number of aromatic nitrogens is 2. The van der Waals surface area contributed by atoms with Crippen LogP contribution in [0.25, 0.3) is 0 Å². The average molecular weight is 293 g/mol. The third-order valence-corrected chi connectivity index (χ3v) is 3.97. The van der Waals surface area contributed by atoms with Crippen LogP contribution in [-0.2, 0) is 23.6 Å². The van der Waals surface area contributed by atoms with Crippen molar-refractivity contribution < 1.29 is 8.42 Å². The summed E-state index contributed by atoms with van der Waals surface area (Å²) in [5.41, 5.74) is 6.72. The summed E-state index contributed by atoms with van der Waals surface area (Å²) in [6.45, 7) is 0.150. The van der Waals surface area contributed by atoms with Crippen molar-refractivity contribution in [1.82, 2.24) is 14.3 Å². The Morgan fingerprint density at radius 3 is 2.55 bits per heavy atom. The molecule has 2 rings (SSSR count). The highest BCUT2D eigenvalue weighted by molar-refractivity contribution is 7.89. The zero-order chi connectivity index (χ0) is 14.8. The second-order valence-electron chi connectivity index (χ2n) is 4.31. The van der Waals surface area contributed by atoms with Crippen molar-refractivity contribution in [2.45, 2.75) is 11.6 Å². The van der Waals surface area contributed by atoms with Crippen LogP contribution in [0.3, 0.4) is 0 Å². The summed E-state index contributed by atoms with van der Waals surface area (Å²) in [5.74, 6) is -0.0226. The van der Waals surface area contributed by atoms with Crippen LogP contribution in [0.4, 0.5) is 0 Å². The van der Waals surface area contributed by atoms with Crippen LogP contribution < -0.4 is 10.5 Å². The van der Waals surface area contributed by atoms with Gasteiger partial charge in [-0.2, -0.15) is 0 Å². The normalized spacial score (nSPS) is 11.4. The minimum atomic E-state index is -3.61. The molecule has 0 unspecified atom stereocenters. The first-order chi connectivity index (χ1) is 9.38. The van der Waals surface area contributed by atoms with Gasteiger partial charge in [-0.3, -0.25) is 5.41 Å². The van der Waals surface area contributed by atoms with Gasteiger partial charge in [0.25, 0.3) is 10.0 Å².